The van der Waals surface area contributed by atoms with Crippen LogP contribution < -0.4 is 5.73 Å². The van der Waals surface area contributed by atoms with Crippen LogP contribution >= 0.6 is 11.3 Å². The predicted molar refractivity (Wildman–Crippen MR) is 76.4 cm³/mol. The van der Waals surface area contributed by atoms with Crippen LogP contribution in [0.15, 0.2) is 0 Å². The zero-order valence-corrected chi connectivity index (χ0v) is 12.2. The zero-order valence-electron chi connectivity index (χ0n) is 11.4. The van der Waals surface area contributed by atoms with Crippen molar-refractivity contribution in [1.82, 2.24) is 19.8 Å². The van der Waals surface area contributed by atoms with Crippen LogP contribution in [0.4, 0.5) is 0 Å². The normalized spacial score (nSPS) is 18.4. The SMILES string of the molecule is CCC(CN)Cc1nn2c(C3CCCC3)nnc2s1. The maximum atomic E-state index is 5.77. The van der Waals surface area contributed by atoms with Crippen molar-refractivity contribution in [3.8, 4) is 0 Å². The monoisotopic (exact) mass is 279 g/mol. The molecule has 104 valence electrons. The van der Waals surface area contributed by atoms with Crippen molar-refractivity contribution in [1.29, 1.82) is 0 Å². The molecule has 2 N–H and O–H groups in total. The third kappa shape index (κ3) is 2.51. The highest BCUT2D eigenvalue weighted by molar-refractivity contribution is 7.16. The van der Waals surface area contributed by atoms with Gasteiger partial charge >= 0.3 is 0 Å². The van der Waals surface area contributed by atoms with E-state index in [1.807, 2.05) is 4.52 Å². The van der Waals surface area contributed by atoms with Crippen LogP contribution in [0.1, 0.15) is 55.8 Å². The molecule has 1 fully saturated rings. The minimum absolute atomic E-state index is 0.527. The topological polar surface area (TPSA) is 69.1 Å². The van der Waals surface area contributed by atoms with Gasteiger partial charge in [0.05, 0.1) is 0 Å². The third-order valence-corrected chi connectivity index (χ3v) is 5.07. The number of hydrogen-bond acceptors (Lipinski definition) is 5. The Morgan fingerprint density at radius 1 is 1.37 bits per heavy atom. The summed E-state index contributed by atoms with van der Waals surface area (Å²) in [7, 11) is 0. The van der Waals surface area contributed by atoms with E-state index in [1.165, 1.54) is 25.7 Å². The molecular weight excluding hydrogens is 258 g/mol. The number of fused-ring (bicyclic) bond motifs is 1. The largest absolute Gasteiger partial charge is 0.330 e. The van der Waals surface area contributed by atoms with Gasteiger partial charge in [-0.25, -0.2) is 0 Å². The fourth-order valence-electron chi connectivity index (χ4n) is 2.83. The van der Waals surface area contributed by atoms with Crippen molar-refractivity contribution < 1.29 is 0 Å². The summed E-state index contributed by atoms with van der Waals surface area (Å²) in [6.07, 6.45) is 7.14. The lowest BCUT2D eigenvalue weighted by Crippen LogP contribution is -2.16. The molecule has 0 radical (unpaired) electrons. The summed E-state index contributed by atoms with van der Waals surface area (Å²) >= 11 is 1.66. The maximum Gasteiger partial charge on any atom is 0.234 e. The van der Waals surface area contributed by atoms with Crippen molar-refractivity contribution in [2.24, 2.45) is 11.7 Å². The lowest BCUT2D eigenvalue weighted by molar-refractivity contribution is 0.513. The van der Waals surface area contributed by atoms with Gasteiger partial charge in [-0.15, -0.1) is 10.2 Å². The van der Waals surface area contributed by atoms with E-state index >= 15 is 0 Å². The Balaban J connectivity index is 1.84. The minimum atomic E-state index is 0.527. The summed E-state index contributed by atoms with van der Waals surface area (Å²) in [5, 5.41) is 14.5. The van der Waals surface area contributed by atoms with E-state index in [2.05, 4.69) is 17.1 Å². The molecule has 1 unspecified atom stereocenters. The van der Waals surface area contributed by atoms with Crippen LogP contribution in [0.3, 0.4) is 0 Å². The van der Waals surface area contributed by atoms with Gasteiger partial charge in [-0.1, -0.05) is 37.5 Å². The van der Waals surface area contributed by atoms with Crippen molar-refractivity contribution >= 4 is 16.3 Å². The smallest absolute Gasteiger partial charge is 0.234 e. The zero-order chi connectivity index (χ0) is 13.2. The molecule has 6 heteroatoms. The van der Waals surface area contributed by atoms with Crippen molar-refractivity contribution in [3.63, 3.8) is 0 Å². The molecule has 1 atom stereocenters. The second-order valence-corrected chi connectivity index (χ2v) is 6.48. The second kappa shape index (κ2) is 5.54. The first kappa shape index (κ1) is 13.0. The van der Waals surface area contributed by atoms with Crippen LogP contribution in [-0.2, 0) is 6.42 Å². The van der Waals surface area contributed by atoms with E-state index in [4.69, 9.17) is 10.8 Å². The minimum Gasteiger partial charge on any atom is -0.330 e. The molecule has 2 aromatic heterocycles. The molecule has 0 bridgehead atoms. The summed E-state index contributed by atoms with van der Waals surface area (Å²) in [4.78, 5) is 0.934. The Hall–Kier alpha value is -1.01. The predicted octanol–water partition coefficient (Wildman–Crippen LogP) is 2.37. The van der Waals surface area contributed by atoms with Crippen molar-refractivity contribution in [2.45, 2.75) is 51.4 Å². The lowest BCUT2D eigenvalue weighted by atomic mass is 10.0. The molecule has 1 aliphatic rings. The van der Waals surface area contributed by atoms with Crippen molar-refractivity contribution in [2.75, 3.05) is 6.54 Å². The molecule has 19 heavy (non-hydrogen) atoms. The standard InChI is InChI=1S/C13H21N5S/c1-2-9(8-14)7-11-17-18-12(10-5-3-4-6-10)15-16-13(18)19-11/h9-10H,2-8,14H2,1H3. The Morgan fingerprint density at radius 2 is 2.16 bits per heavy atom. The van der Waals surface area contributed by atoms with Crippen LogP contribution in [0.2, 0.25) is 0 Å². The highest BCUT2D eigenvalue weighted by atomic mass is 32.1. The van der Waals surface area contributed by atoms with Gasteiger partial charge in [0.15, 0.2) is 5.82 Å². The summed E-state index contributed by atoms with van der Waals surface area (Å²) in [5.41, 5.74) is 5.77. The number of nitrogens with two attached hydrogens (primary N) is 1. The molecule has 0 aromatic carbocycles. The van der Waals surface area contributed by atoms with Gasteiger partial charge in [0.2, 0.25) is 4.96 Å². The van der Waals surface area contributed by atoms with Gasteiger partial charge in [-0.05, 0) is 25.3 Å². The van der Waals surface area contributed by atoms with Crippen LogP contribution in [-0.4, -0.2) is 26.4 Å². The first-order valence-corrected chi connectivity index (χ1v) is 8.04. The Morgan fingerprint density at radius 3 is 2.84 bits per heavy atom. The highest BCUT2D eigenvalue weighted by Gasteiger charge is 2.24. The molecule has 0 aliphatic heterocycles. The summed E-state index contributed by atoms with van der Waals surface area (Å²) in [6.45, 7) is 2.91. The number of rotatable bonds is 5. The quantitative estimate of drug-likeness (QED) is 0.912. The average Bonchev–Trinajstić information content (AvgIpc) is 3.11. The molecule has 1 saturated carbocycles. The van der Waals surface area contributed by atoms with E-state index in [0.29, 0.717) is 11.8 Å². The molecule has 2 heterocycles. The Bertz CT molecular complexity index is 536. The third-order valence-electron chi connectivity index (χ3n) is 4.15. The summed E-state index contributed by atoms with van der Waals surface area (Å²) in [6, 6.07) is 0. The highest BCUT2D eigenvalue weighted by Crippen LogP contribution is 2.33. The molecule has 1 aliphatic carbocycles. The van der Waals surface area contributed by atoms with Gasteiger partial charge in [0.25, 0.3) is 0 Å². The van der Waals surface area contributed by atoms with E-state index in [1.54, 1.807) is 11.3 Å². The number of aromatic nitrogens is 4. The summed E-state index contributed by atoms with van der Waals surface area (Å²) in [5.74, 6) is 2.15. The van der Waals surface area contributed by atoms with E-state index < -0.39 is 0 Å². The molecule has 0 spiro atoms. The van der Waals surface area contributed by atoms with Gasteiger partial charge < -0.3 is 5.73 Å². The molecular formula is C13H21N5S. The van der Waals surface area contributed by atoms with E-state index in [9.17, 15) is 0 Å². The molecule has 2 aromatic rings. The number of hydrogen-bond donors (Lipinski definition) is 1. The molecule has 5 nitrogen and oxygen atoms in total. The van der Waals surface area contributed by atoms with E-state index in [-0.39, 0.29) is 0 Å². The molecule has 0 saturated heterocycles. The lowest BCUT2D eigenvalue weighted by Gasteiger charge is -2.08. The first-order chi connectivity index (χ1) is 9.31. The first-order valence-electron chi connectivity index (χ1n) is 7.23. The van der Waals surface area contributed by atoms with Crippen molar-refractivity contribution in [3.05, 3.63) is 10.8 Å². The molecule has 3 rings (SSSR count). The number of nitrogens with zero attached hydrogens (tertiary/aromatic N) is 4. The van der Waals surface area contributed by atoms with Gasteiger partial charge in [0, 0.05) is 12.3 Å². The van der Waals surface area contributed by atoms with Gasteiger partial charge in [-0.2, -0.15) is 9.61 Å². The van der Waals surface area contributed by atoms with Crippen LogP contribution in [0.25, 0.3) is 4.96 Å². The average molecular weight is 279 g/mol. The van der Waals surface area contributed by atoms with Gasteiger partial charge in [0.1, 0.15) is 5.01 Å². The summed E-state index contributed by atoms with van der Waals surface area (Å²) < 4.78 is 1.97. The Kier molecular flexibility index (Phi) is 3.79. The van der Waals surface area contributed by atoms with Crippen LogP contribution in [0, 0.1) is 5.92 Å². The second-order valence-electron chi connectivity index (χ2n) is 5.44. The molecule has 0 amide bonds. The van der Waals surface area contributed by atoms with E-state index in [0.717, 1.165) is 35.2 Å². The van der Waals surface area contributed by atoms with Gasteiger partial charge in [-0.3, -0.25) is 0 Å². The Labute approximate surface area is 117 Å². The van der Waals surface area contributed by atoms with Crippen LogP contribution in [0.5, 0.6) is 0 Å². The fourth-order valence-corrected chi connectivity index (χ4v) is 3.79. The maximum absolute atomic E-state index is 5.77. The fraction of sp³-hybridized carbons (Fsp3) is 0.769.